The van der Waals surface area contributed by atoms with Crippen LogP contribution >= 0.6 is 0 Å². The molecule has 1 aliphatic heterocycles. The number of para-hydroxylation sites is 1. The first-order valence-corrected chi connectivity index (χ1v) is 10.5. The Hall–Kier alpha value is -4.21. The van der Waals surface area contributed by atoms with E-state index in [1.165, 1.54) is 35.4 Å². The molecule has 0 saturated carbocycles. The fourth-order valence-electron chi connectivity index (χ4n) is 3.97. The number of rotatable bonds is 7. The minimum absolute atomic E-state index is 0.293. The summed E-state index contributed by atoms with van der Waals surface area (Å²) in [5.41, 5.74) is 5.96. The molecule has 0 radical (unpaired) electrons. The summed E-state index contributed by atoms with van der Waals surface area (Å²) in [4.78, 5) is 25.1. The summed E-state index contributed by atoms with van der Waals surface area (Å²) in [5.74, 6) is 0.0144. The minimum atomic E-state index is -0.753. The highest BCUT2D eigenvalue weighted by molar-refractivity contribution is 5.96. The van der Waals surface area contributed by atoms with E-state index in [1.54, 1.807) is 7.11 Å². The van der Waals surface area contributed by atoms with Crippen LogP contribution in [0.3, 0.4) is 0 Å². The molecule has 0 unspecified atom stereocenters. The SMILES string of the molecule is COc1ccc(/C=N/NC(=O)c2nn(C)cc2[N+](=O)[O-])cc1CN1CCCc2ccccc21. The Kier molecular flexibility index (Phi) is 6.34. The van der Waals surface area contributed by atoms with Crippen molar-refractivity contribution in [3.63, 3.8) is 0 Å². The summed E-state index contributed by atoms with van der Waals surface area (Å²) >= 11 is 0. The lowest BCUT2D eigenvalue weighted by Crippen LogP contribution is -2.29. The second-order valence-electron chi connectivity index (χ2n) is 7.72. The van der Waals surface area contributed by atoms with Crippen LogP contribution in [0.2, 0.25) is 0 Å². The van der Waals surface area contributed by atoms with Crippen LogP contribution in [0.1, 0.15) is 33.6 Å². The number of hydrogen-bond donors (Lipinski definition) is 1. The second kappa shape index (κ2) is 9.51. The highest BCUT2D eigenvalue weighted by Gasteiger charge is 2.24. The Morgan fingerprint density at radius 1 is 1.33 bits per heavy atom. The Morgan fingerprint density at radius 3 is 2.94 bits per heavy atom. The molecule has 2 aromatic carbocycles. The monoisotopic (exact) mass is 448 g/mol. The van der Waals surface area contributed by atoms with Gasteiger partial charge in [-0.3, -0.25) is 19.6 Å². The van der Waals surface area contributed by atoms with Gasteiger partial charge in [-0.05, 0) is 48.2 Å². The van der Waals surface area contributed by atoms with Crippen molar-refractivity contribution < 1.29 is 14.5 Å². The summed E-state index contributed by atoms with van der Waals surface area (Å²) in [6, 6.07) is 14.0. The van der Waals surface area contributed by atoms with Crippen molar-refractivity contribution in [2.75, 3.05) is 18.6 Å². The van der Waals surface area contributed by atoms with E-state index in [4.69, 9.17) is 4.74 Å². The number of ether oxygens (including phenoxy) is 1. The van der Waals surface area contributed by atoms with E-state index in [1.807, 2.05) is 24.3 Å². The molecule has 0 aliphatic carbocycles. The smallest absolute Gasteiger partial charge is 0.320 e. The summed E-state index contributed by atoms with van der Waals surface area (Å²) in [6.07, 6.45) is 4.82. The molecule has 0 atom stereocenters. The van der Waals surface area contributed by atoms with Gasteiger partial charge in [0.25, 0.3) is 5.91 Å². The maximum atomic E-state index is 12.3. The summed E-state index contributed by atoms with van der Waals surface area (Å²) in [7, 11) is 3.14. The van der Waals surface area contributed by atoms with Gasteiger partial charge in [-0.2, -0.15) is 10.2 Å². The Labute approximate surface area is 190 Å². The van der Waals surface area contributed by atoms with E-state index in [-0.39, 0.29) is 11.4 Å². The molecule has 10 heteroatoms. The van der Waals surface area contributed by atoms with Crippen molar-refractivity contribution in [3.05, 3.63) is 81.2 Å². The number of aromatic nitrogens is 2. The van der Waals surface area contributed by atoms with Gasteiger partial charge in [0.05, 0.1) is 18.2 Å². The predicted octanol–water partition coefficient (Wildman–Crippen LogP) is 3.05. The standard InChI is InChI=1S/C23H24N6O4/c1-27-15-20(29(31)32)22(26-27)23(30)25-24-13-16-9-10-21(33-2)18(12-16)14-28-11-5-7-17-6-3-4-8-19(17)28/h3-4,6,8-10,12-13,15H,5,7,11,14H2,1-2H3,(H,25,30)/b24-13+. The molecule has 4 rings (SSSR count). The highest BCUT2D eigenvalue weighted by Crippen LogP contribution is 2.30. The van der Waals surface area contributed by atoms with E-state index in [2.05, 4.69) is 38.7 Å². The fraction of sp³-hybridized carbons (Fsp3) is 0.261. The maximum absolute atomic E-state index is 12.3. The first kappa shape index (κ1) is 22.0. The third-order valence-corrected chi connectivity index (χ3v) is 5.47. The van der Waals surface area contributed by atoms with Gasteiger partial charge in [0.2, 0.25) is 5.69 Å². The maximum Gasteiger partial charge on any atom is 0.320 e. The lowest BCUT2D eigenvalue weighted by molar-refractivity contribution is -0.385. The minimum Gasteiger partial charge on any atom is -0.496 e. The number of anilines is 1. The molecule has 0 bridgehead atoms. The largest absolute Gasteiger partial charge is 0.496 e. The lowest BCUT2D eigenvalue weighted by atomic mass is 10.0. The van der Waals surface area contributed by atoms with E-state index >= 15 is 0 Å². The zero-order chi connectivity index (χ0) is 23.4. The predicted molar refractivity (Wildman–Crippen MR) is 124 cm³/mol. The zero-order valence-corrected chi connectivity index (χ0v) is 18.4. The molecule has 2 heterocycles. The number of hydrazone groups is 1. The van der Waals surface area contributed by atoms with Gasteiger partial charge in [-0.1, -0.05) is 18.2 Å². The first-order valence-electron chi connectivity index (χ1n) is 10.5. The van der Waals surface area contributed by atoms with Crippen LogP contribution in [-0.4, -0.2) is 40.5 Å². The average molecular weight is 448 g/mol. The molecule has 0 spiro atoms. The molecule has 10 nitrogen and oxygen atoms in total. The molecule has 3 aromatic rings. The number of nitro groups is 1. The number of carbonyl (C=O) groups is 1. The van der Waals surface area contributed by atoms with Gasteiger partial charge in [0.15, 0.2) is 0 Å². The van der Waals surface area contributed by atoms with Crippen LogP contribution in [0.25, 0.3) is 0 Å². The van der Waals surface area contributed by atoms with E-state index in [0.717, 1.165) is 36.3 Å². The molecule has 0 fully saturated rings. The van der Waals surface area contributed by atoms with Gasteiger partial charge in [-0.25, -0.2) is 5.43 Å². The molecular formula is C23H24N6O4. The zero-order valence-electron chi connectivity index (χ0n) is 18.4. The number of fused-ring (bicyclic) bond motifs is 1. The van der Waals surface area contributed by atoms with Gasteiger partial charge < -0.3 is 9.64 Å². The van der Waals surface area contributed by atoms with Crippen LogP contribution in [-0.2, 0) is 20.0 Å². The van der Waals surface area contributed by atoms with Crippen molar-refractivity contribution in [1.29, 1.82) is 0 Å². The topological polar surface area (TPSA) is 115 Å². The van der Waals surface area contributed by atoms with Crippen LogP contribution < -0.4 is 15.1 Å². The molecule has 170 valence electrons. The van der Waals surface area contributed by atoms with E-state index in [9.17, 15) is 14.9 Å². The molecule has 1 aliphatic rings. The number of methoxy groups -OCH3 is 1. The highest BCUT2D eigenvalue weighted by atomic mass is 16.6. The number of carbonyl (C=O) groups excluding carboxylic acids is 1. The Bertz CT molecular complexity index is 1220. The molecule has 0 saturated heterocycles. The number of aryl methyl sites for hydroxylation is 2. The lowest BCUT2D eigenvalue weighted by Gasteiger charge is -2.31. The fourth-order valence-corrected chi connectivity index (χ4v) is 3.97. The molecule has 33 heavy (non-hydrogen) atoms. The quantitative estimate of drug-likeness (QED) is 0.337. The van der Waals surface area contributed by atoms with Crippen LogP contribution in [0.5, 0.6) is 5.75 Å². The van der Waals surface area contributed by atoms with E-state index < -0.39 is 10.8 Å². The number of nitrogens with one attached hydrogen (secondary N) is 1. The molecule has 1 N–H and O–H groups in total. The first-order chi connectivity index (χ1) is 16.0. The molecule has 1 aromatic heterocycles. The average Bonchev–Trinajstić information content (AvgIpc) is 3.22. The van der Waals surface area contributed by atoms with Crippen LogP contribution in [0.4, 0.5) is 11.4 Å². The number of benzene rings is 2. The van der Waals surface area contributed by atoms with Crippen molar-refractivity contribution >= 4 is 23.5 Å². The summed E-state index contributed by atoms with van der Waals surface area (Å²) < 4.78 is 6.77. The van der Waals surface area contributed by atoms with Gasteiger partial charge >= 0.3 is 5.69 Å². The molecular weight excluding hydrogens is 424 g/mol. The summed E-state index contributed by atoms with van der Waals surface area (Å²) in [5, 5.41) is 18.9. The van der Waals surface area contributed by atoms with Gasteiger partial charge in [-0.15, -0.1) is 0 Å². The van der Waals surface area contributed by atoms with Crippen molar-refractivity contribution in [2.45, 2.75) is 19.4 Å². The Morgan fingerprint density at radius 2 is 2.15 bits per heavy atom. The van der Waals surface area contributed by atoms with Crippen molar-refractivity contribution in [1.82, 2.24) is 15.2 Å². The van der Waals surface area contributed by atoms with Crippen molar-refractivity contribution in [2.24, 2.45) is 12.1 Å². The third-order valence-electron chi connectivity index (χ3n) is 5.47. The van der Waals surface area contributed by atoms with Gasteiger partial charge in [0, 0.05) is 31.4 Å². The van der Waals surface area contributed by atoms with Gasteiger partial charge in [0.1, 0.15) is 11.9 Å². The van der Waals surface area contributed by atoms with Crippen molar-refractivity contribution in [3.8, 4) is 5.75 Å². The Balaban J connectivity index is 1.50. The second-order valence-corrected chi connectivity index (χ2v) is 7.72. The molecule has 1 amide bonds. The van der Waals surface area contributed by atoms with Crippen LogP contribution in [0, 0.1) is 10.1 Å². The normalized spacial score (nSPS) is 13.1. The number of nitrogens with zero attached hydrogens (tertiary/aromatic N) is 5. The van der Waals surface area contributed by atoms with Crippen LogP contribution in [0.15, 0.2) is 53.8 Å². The van der Waals surface area contributed by atoms with E-state index in [0.29, 0.717) is 6.54 Å². The third kappa shape index (κ3) is 4.84. The number of amides is 1. The number of hydrogen-bond acceptors (Lipinski definition) is 7. The summed E-state index contributed by atoms with van der Waals surface area (Å²) in [6.45, 7) is 1.63.